The molecule has 140 valence electrons. The molecular weight excluding hydrogens is 346 g/mol. The summed E-state index contributed by atoms with van der Waals surface area (Å²) in [5.41, 5.74) is 5.64. The Morgan fingerprint density at radius 2 is 1.68 bits per heavy atom. The van der Waals surface area contributed by atoms with Crippen LogP contribution in [0.5, 0.6) is 5.75 Å². The standard InChI is InChI=1S/C24H23N3O/c1-15-12-13-25-21(14-15)27-23(19-7-5-4-6-16(19)2)20-11-10-18-9-8-17(3)26-22(18)24(20)28/h4-14,23,28H,1-3H3,(H,25,27). The molecule has 2 N–H and O–H groups in total. The van der Waals surface area contributed by atoms with Gasteiger partial charge < -0.3 is 10.4 Å². The number of rotatable bonds is 4. The van der Waals surface area contributed by atoms with Gasteiger partial charge in [-0.1, -0.05) is 42.5 Å². The lowest BCUT2D eigenvalue weighted by molar-refractivity contribution is 0.471. The molecule has 0 aliphatic carbocycles. The molecular formula is C24H23N3O. The molecule has 0 aliphatic rings. The highest BCUT2D eigenvalue weighted by molar-refractivity contribution is 5.86. The molecule has 2 aromatic carbocycles. The number of benzene rings is 2. The van der Waals surface area contributed by atoms with E-state index in [9.17, 15) is 5.11 Å². The van der Waals surface area contributed by atoms with Crippen molar-refractivity contribution in [1.82, 2.24) is 9.97 Å². The van der Waals surface area contributed by atoms with Gasteiger partial charge in [-0.3, -0.25) is 0 Å². The van der Waals surface area contributed by atoms with Crippen molar-refractivity contribution in [2.24, 2.45) is 0 Å². The van der Waals surface area contributed by atoms with Crippen LogP contribution in [0.3, 0.4) is 0 Å². The van der Waals surface area contributed by atoms with Crippen molar-refractivity contribution in [3.63, 3.8) is 0 Å². The lowest BCUT2D eigenvalue weighted by Gasteiger charge is -2.23. The van der Waals surface area contributed by atoms with Crippen LogP contribution in [0.2, 0.25) is 0 Å². The lowest BCUT2D eigenvalue weighted by Crippen LogP contribution is -2.15. The Morgan fingerprint density at radius 1 is 0.893 bits per heavy atom. The van der Waals surface area contributed by atoms with Crippen LogP contribution in [-0.4, -0.2) is 15.1 Å². The van der Waals surface area contributed by atoms with E-state index in [0.717, 1.165) is 39.2 Å². The summed E-state index contributed by atoms with van der Waals surface area (Å²) in [6.45, 7) is 6.04. The molecule has 28 heavy (non-hydrogen) atoms. The number of fused-ring (bicyclic) bond motifs is 1. The summed E-state index contributed by atoms with van der Waals surface area (Å²) in [6, 6.07) is 19.8. The van der Waals surface area contributed by atoms with Gasteiger partial charge in [0.05, 0.1) is 6.04 Å². The molecule has 1 unspecified atom stereocenters. The number of nitrogens with zero attached hydrogens (tertiary/aromatic N) is 2. The molecule has 0 saturated carbocycles. The van der Waals surface area contributed by atoms with Crippen molar-refractivity contribution in [3.05, 3.63) is 94.8 Å². The molecule has 4 rings (SSSR count). The fourth-order valence-electron chi connectivity index (χ4n) is 3.52. The number of aryl methyl sites for hydroxylation is 3. The maximum Gasteiger partial charge on any atom is 0.147 e. The van der Waals surface area contributed by atoms with Gasteiger partial charge in [-0.05, 0) is 55.7 Å². The first-order valence-corrected chi connectivity index (χ1v) is 9.37. The van der Waals surface area contributed by atoms with Gasteiger partial charge in [-0.15, -0.1) is 0 Å². The smallest absolute Gasteiger partial charge is 0.147 e. The SMILES string of the molecule is Cc1ccnc(NC(c2ccccc2C)c2ccc3ccc(C)nc3c2O)c1. The molecule has 4 heteroatoms. The van der Waals surface area contributed by atoms with Gasteiger partial charge in [-0.2, -0.15) is 0 Å². The number of phenols is 1. The van der Waals surface area contributed by atoms with E-state index in [1.54, 1.807) is 6.20 Å². The number of phenolic OH excluding ortho intramolecular Hbond substituents is 1. The number of pyridine rings is 2. The molecule has 0 fully saturated rings. The normalized spacial score (nSPS) is 12.1. The number of aromatic hydroxyl groups is 1. The van der Waals surface area contributed by atoms with E-state index in [2.05, 4.69) is 34.3 Å². The molecule has 0 saturated heterocycles. The Morgan fingerprint density at radius 3 is 2.46 bits per heavy atom. The van der Waals surface area contributed by atoms with Gasteiger partial charge in [0.2, 0.25) is 0 Å². The minimum atomic E-state index is -0.248. The van der Waals surface area contributed by atoms with Crippen LogP contribution in [0.1, 0.15) is 34.0 Å². The summed E-state index contributed by atoms with van der Waals surface area (Å²) in [5.74, 6) is 0.972. The zero-order valence-corrected chi connectivity index (χ0v) is 16.3. The molecule has 2 aromatic heterocycles. The van der Waals surface area contributed by atoms with Crippen molar-refractivity contribution in [2.45, 2.75) is 26.8 Å². The van der Waals surface area contributed by atoms with Crippen LogP contribution in [0.4, 0.5) is 5.82 Å². The number of anilines is 1. The van der Waals surface area contributed by atoms with E-state index in [1.807, 2.05) is 62.4 Å². The van der Waals surface area contributed by atoms with Crippen molar-refractivity contribution in [3.8, 4) is 5.75 Å². The molecule has 0 bridgehead atoms. The minimum Gasteiger partial charge on any atom is -0.505 e. The topological polar surface area (TPSA) is 58.0 Å². The second kappa shape index (κ2) is 7.31. The van der Waals surface area contributed by atoms with Crippen molar-refractivity contribution >= 4 is 16.7 Å². The highest BCUT2D eigenvalue weighted by Gasteiger charge is 2.21. The van der Waals surface area contributed by atoms with Gasteiger partial charge in [0, 0.05) is 22.8 Å². The van der Waals surface area contributed by atoms with Crippen molar-refractivity contribution < 1.29 is 5.11 Å². The zero-order valence-electron chi connectivity index (χ0n) is 16.3. The van der Waals surface area contributed by atoms with Crippen LogP contribution in [-0.2, 0) is 0 Å². The Kier molecular flexibility index (Phi) is 4.70. The average Bonchev–Trinajstić information content (AvgIpc) is 2.68. The minimum absolute atomic E-state index is 0.203. The second-order valence-electron chi connectivity index (χ2n) is 7.18. The van der Waals surface area contributed by atoms with E-state index in [1.165, 1.54) is 0 Å². The first kappa shape index (κ1) is 18.0. The number of hydrogen-bond donors (Lipinski definition) is 2. The molecule has 2 heterocycles. The van der Waals surface area contributed by atoms with Crippen molar-refractivity contribution in [1.29, 1.82) is 0 Å². The van der Waals surface area contributed by atoms with Crippen LogP contribution < -0.4 is 5.32 Å². The first-order valence-electron chi connectivity index (χ1n) is 9.37. The van der Waals surface area contributed by atoms with Crippen LogP contribution >= 0.6 is 0 Å². The third kappa shape index (κ3) is 3.41. The first-order chi connectivity index (χ1) is 13.5. The second-order valence-corrected chi connectivity index (χ2v) is 7.18. The Bertz CT molecular complexity index is 1150. The van der Waals surface area contributed by atoms with E-state index in [4.69, 9.17) is 0 Å². The highest BCUT2D eigenvalue weighted by atomic mass is 16.3. The third-order valence-electron chi connectivity index (χ3n) is 5.02. The Balaban J connectivity index is 1.89. The van der Waals surface area contributed by atoms with Crippen LogP contribution in [0.15, 0.2) is 66.9 Å². The fraction of sp³-hybridized carbons (Fsp3) is 0.167. The van der Waals surface area contributed by atoms with E-state index >= 15 is 0 Å². The van der Waals surface area contributed by atoms with E-state index < -0.39 is 0 Å². The predicted octanol–water partition coefficient (Wildman–Crippen LogP) is 5.46. The maximum absolute atomic E-state index is 11.1. The van der Waals surface area contributed by atoms with Crippen molar-refractivity contribution in [2.75, 3.05) is 5.32 Å². The Hall–Kier alpha value is -3.40. The zero-order chi connectivity index (χ0) is 19.7. The van der Waals surface area contributed by atoms with E-state index in [-0.39, 0.29) is 11.8 Å². The largest absolute Gasteiger partial charge is 0.505 e. The predicted molar refractivity (Wildman–Crippen MR) is 114 cm³/mol. The van der Waals surface area contributed by atoms with Gasteiger partial charge in [-0.25, -0.2) is 9.97 Å². The fourth-order valence-corrected chi connectivity index (χ4v) is 3.52. The van der Waals surface area contributed by atoms with E-state index in [0.29, 0.717) is 5.52 Å². The number of hydrogen-bond acceptors (Lipinski definition) is 4. The quantitative estimate of drug-likeness (QED) is 0.501. The highest BCUT2D eigenvalue weighted by Crippen LogP contribution is 2.37. The monoisotopic (exact) mass is 369 g/mol. The summed E-state index contributed by atoms with van der Waals surface area (Å²) in [6.07, 6.45) is 1.79. The average molecular weight is 369 g/mol. The molecule has 4 nitrogen and oxygen atoms in total. The lowest BCUT2D eigenvalue weighted by atomic mass is 9.93. The van der Waals surface area contributed by atoms with Crippen LogP contribution in [0.25, 0.3) is 10.9 Å². The summed E-state index contributed by atoms with van der Waals surface area (Å²) < 4.78 is 0. The summed E-state index contributed by atoms with van der Waals surface area (Å²) in [7, 11) is 0. The summed E-state index contributed by atoms with van der Waals surface area (Å²) in [5, 5.41) is 15.5. The van der Waals surface area contributed by atoms with Gasteiger partial charge in [0.15, 0.2) is 0 Å². The van der Waals surface area contributed by atoms with Gasteiger partial charge in [0.1, 0.15) is 17.1 Å². The maximum atomic E-state index is 11.1. The molecule has 4 aromatic rings. The van der Waals surface area contributed by atoms with Gasteiger partial charge >= 0.3 is 0 Å². The summed E-state index contributed by atoms with van der Waals surface area (Å²) >= 11 is 0. The number of aromatic nitrogens is 2. The molecule has 0 spiro atoms. The summed E-state index contributed by atoms with van der Waals surface area (Å²) in [4.78, 5) is 9.02. The Labute approximate surface area is 164 Å². The molecule has 0 amide bonds. The number of nitrogens with one attached hydrogen (secondary N) is 1. The van der Waals surface area contributed by atoms with Gasteiger partial charge in [0.25, 0.3) is 0 Å². The molecule has 0 aliphatic heterocycles. The third-order valence-corrected chi connectivity index (χ3v) is 5.02. The molecule has 1 atom stereocenters. The molecule has 0 radical (unpaired) electrons. The van der Waals surface area contributed by atoms with Crippen LogP contribution in [0, 0.1) is 20.8 Å².